The number of allylic oxidation sites excluding steroid dienone is 8. The van der Waals surface area contributed by atoms with Gasteiger partial charge < -0.3 is 4.98 Å². The summed E-state index contributed by atoms with van der Waals surface area (Å²) in [7, 11) is 0. The van der Waals surface area contributed by atoms with Crippen molar-refractivity contribution in [3.8, 4) is 0 Å². The van der Waals surface area contributed by atoms with E-state index in [9.17, 15) is 0 Å². The van der Waals surface area contributed by atoms with Crippen molar-refractivity contribution in [2.75, 3.05) is 0 Å². The van der Waals surface area contributed by atoms with Crippen molar-refractivity contribution in [2.24, 2.45) is 0 Å². The first-order chi connectivity index (χ1) is 14.4. The van der Waals surface area contributed by atoms with Crippen molar-refractivity contribution in [3.05, 3.63) is 143 Å². The van der Waals surface area contributed by atoms with Crippen LogP contribution in [0.2, 0.25) is 0 Å². The number of aromatic amines is 1. The highest BCUT2D eigenvalue weighted by atomic mass is 14.7. The van der Waals surface area contributed by atoms with Crippen molar-refractivity contribution in [1.82, 2.24) is 4.98 Å². The van der Waals surface area contributed by atoms with Gasteiger partial charge in [0.25, 0.3) is 0 Å². The Hall–Kier alpha value is -3.32. The maximum atomic E-state index is 3.83. The molecule has 0 saturated heterocycles. The van der Waals surface area contributed by atoms with Gasteiger partial charge in [-0.1, -0.05) is 108 Å². The Bertz CT molecular complexity index is 1010. The van der Waals surface area contributed by atoms with Crippen LogP contribution in [-0.4, -0.2) is 4.98 Å². The van der Waals surface area contributed by atoms with Gasteiger partial charge in [0.05, 0.1) is 0 Å². The van der Waals surface area contributed by atoms with Crippen LogP contribution in [0.25, 0.3) is 0 Å². The maximum Gasteiger partial charge on any atom is 0.0456 e. The molecule has 1 nitrogen and oxygen atoms in total. The summed E-state index contributed by atoms with van der Waals surface area (Å²) in [5.41, 5.74) is 8.12. The number of H-pyrrole nitrogens is 1. The Morgan fingerprint density at radius 1 is 0.552 bits per heavy atom. The van der Waals surface area contributed by atoms with Crippen LogP contribution in [0.5, 0.6) is 0 Å². The third-order valence-electron chi connectivity index (χ3n) is 5.96. The lowest BCUT2D eigenvalue weighted by Gasteiger charge is -2.20. The standard InChI is InChI=1S/C28H25N/c1-3-11-21(12-4-1)27(23-15-7-8-16-23)25-19-20-26(29-25)28(24-17-9-10-18-24)22-13-5-2-6-14-22/h1-15,17,19-20,27-29H,16,18H2. The van der Waals surface area contributed by atoms with Crippen LogP contribution in [0.1, 0.15) is 47.2 Å². The van der Waals surface area contributed by atoms with Crippen LogP contribution in [0.15, 0.2) is 120 Å². The molecule has 2 aliphatic carbocycles. The van der Waals surface area contributed by atoms with E-state index in [4.69, 9.17) is 0 Å². The highest BCUT2D eigenvalue weighted by Crippen LogP contribution is 2.39. The highest BCUT2D eigenvalue weighted by Gasteiger charge is 2.25. The van der Waals surface area contributed by atoms with Gasteiger partial charge in [-0.25, -0.2) is 0 Å². The molecule has 0 amide bonds. The van der Waals surface area contributed by atoms with E-state index < -0.39 is 0 Å². The van der Waals surface area contributed by atoms with Gasteiger partial charge in [0.1, 0.15) is 0 Å². The zero-order valence-electron chi connectivity index (χ0n) is 16.5. The fraction of sp³-hybridized carbons (Fsp3) is 0.143. The molecule has 0 bridgehead atoms. The first kappa shape index (κ1) is 17.8. The zero-order valence-corrected chi connectivity index (χ0v) is 16.5. The molecule has 0 saturated carbocycles. The number of rotatable bonds is 6. The molecule has 0 aliphatic heterocycles. The lowest BCUT2D eigenvalue weighted by molar-refractivity contribution is 0.841. The topological polar surface area (TPSA) is 15.8 Å². The molecule has 1 aromatic heterocycles. The van der Waals surface area contributed by atoms with Gasteiger partial charge in [-0.05, 0) is 36.1 Å². The fourth-order valence-electron chi connectivity index (χ4n) is 4.60. The molecular formula is C28H25N. The van der Waals surface area contributed by atoms with Crippen LogP contribution in [0.3, 0.4) is 0 Å². The molecule has 2 aromatic carbocycles. The van der Waals surface area contributed by atoms with Crippen LogP contribution in [-0.2, 0) is 0 Å². The summed E-state index contributed by atoms with van der Waals surface area (Å²) in [6, 6.07) is 26.2. The van der Waals surface area contributed by atoms with E-state index in [2.05, 4.69) is 114 Å². The van der Waals surface area contributed by atoms with Gasteiger partial charge in [0, 0.05) is 23.2 Å². The average molecular weight is 376 g/mol. The van der Waals surface area contributed by atoms with E-state index in [0.29, 0.717) is 0 Å². The Morgan fingerprint density at radius 2 is 1.00 bits per heavy atom. The molecule has 142 valence electrons. The molecular weight excluding hydrogens is 350 g/mol. The lowest BCUT2D eigenvalue weighted by Crippen LogP contribution is -2.07. The third kappa shape index (κ3) is 3.56. The number of hydrogen-bond donors (Lipinski definition) is 1. The summed E-state index contributed by atoms with van der Waals surface area (Å²) in [5, 5.41) is 0. The van der Waals surface area contributed by atoms with Crippen molar-refractivity contribution in [2.45, 2.75) is 24.7 Å². The summed E-state index contributed by atoms with van der Waals surface area (Å²) < 4.78 is 0. The van der Waals surface area contributed by atoms with E-state index in [1.54, 1.807) is 0 Å². The summed E-state index contributed by atoms with van der Waals surface area (Å²) in [6.07, 6.45) is 15.4. The van der Waals surface area contributed by atoms with E-state index in [1.807, 2.05) is 0 Å². The molecule has 0 fully saturated rings. The first-order valence-electron chi connectivity index (χ1n) is 10.4. The largest absolute Gasteiger partial charge is 0.361 e. The number of aromatic nitrogens is 1. The lowest BCUT2D eigenvalue weighted by atomic mass is 9.87. The number of hydrogen-bond acceptors (Lipinski definition) is 0. The van der Waals surface area contributed by atoms with Gasteiger partial charge in [0.2, 0.25) is 0 Å². The molecule has 29 heavy (non-hydrogen) atoms. The van der Waals surface area contributed by atoms with Crippen LogP contribution in [0, 0.1) is 0 Å². The minimum atomic E-state index is 0.270. The van der Waals surface area contributed by atoms with Crippen LogP contribution >= 0.6 is 0 Å². The SMILES string of the molecule is C1=CCC(C(c2ccccc2)c2ccc(C(C3=CC=CC3)c3ccccc3)[nH]2)=C1. The van der Waals surface area contributed by atoms with Gasteiger partial charge >= 0.3 is 0 Å². The fourth-order valence-corrected chi connectivity index (χ4v) is 4.60. The molecule has 5 rings (SSSR count). The molecule has 1 heteroatoms. The van der Waals surface area contributed by atoms with E-state index in [-0.39, 0.29) is 11.8 Å². The highest BCUT2D eigenvalue weighted by molar-refractivity contribution is 5.47. The van der Waals surface area contributed by atoms with Crippen molar-refractivity contribution in [3.63, 3.8) is 0 Å². The smallest absolute Gasteiger partial charge is 0.0456 e. The third-order valence-corrected chi connectivity index (χ3v) is 5.96. The second-order valence-electron chi connectivity index (χ2n) is 7.80. The summed E-state index contributed by atoms with van der Waals surface area (Å²) in [4.78, 5) is 3.83. The minimum absolute atomic E-state index is 0.270. The van der Waals surface area contributed by atoms with Gasteiger partial charge in [-0.2, -0.15) is 0 Å². The molecule has 1 N–H and O–H groups in total. The first-order valence-corrected chi connectivity index (χ1v) is 10.4. The van der Waals surface area contributed by atoms with Crippen molar-refractivity contribution >= 4 is 0 Å². The van der Waals surface area contributed by atoms with Gasteiger partial charge in [-0.3, -0.25) is 0 Å². The molecule has 1 heterocycles. The normalized spacial score (nSPS) is 17.2. The summed E-state index contributed by atoms with van der Waals surface area (Å²) >= 11 is 0. The van der Waals surface area contributed by atoms with Crippen molar-refractivity contribution in [1.29, 1.82) is 0 Å². The summed E-state index contributed by atoms with van der Waals surface area (Å²) in [6.45, 7) is 0. The average Bonchev–Trinajstić information content (AvgIpc) is 3.54. The van der Waals surface area contributed by atoms with Gasteiger partial charge in [-0.15, -0.1) is 0 Å². The number of nitrogens with one attached hydrogen (secondary N) is 1. The molecule has 0 spiro atoms. The molecule has 2 unspecified atom stereocenters. The predicted octanol–water partition coefficient (Wildman–Crippen LogP) is 7.05. The Morgan fingerprint density at radius 3 is 1.38 bits per heavy atom. The van der Waals surface area contributed by atoms with E-state index in [1.165, 1.54) is 33.7 Å². The Balaban J connectivity index is 1.55. The minimum Gasteiger partial charge on any atom is -0.361 e. The zero-order chi connectivity index (χ0) is 19.5. The molecule has 0 radical (unpaired) electrons. The van der Waals surface area contributed by atoms with E-state index >= 15 is 0 Å². The van der Waals surface area contributed by atoms with Crippen LogP contribution in [0.4, 0.5) is 0 Å². The quantitative estimate of drug-likeness (QED) is 0.475. The molecule has 3 aromatic rings. The monoisotopic (exact) mass is 375 g/mol. The summed E-state index contributed by atoms with van der Waals surface area (Å²) in [5.74, 6) is 0.541. The Labute approximate surface area is 172 Å². The molecule has 2 aliphatic rings. The van der Waals surface area contributed by atoms with Crippen molar-refractivity contribution < 1.29 is 0 Å². The van der Waals surface area contributed by atoms with Crippen LogP contribution < -0.4 is 0 Å². The number of benzene rings is 2. The Kier molecular flexibility index (Phi) is 4.88. The second kappa shape index (κ2) is 7.97. The van der Waals surface area contributed by atoms with E-state index in [0.717, 1.165) is 12.8 Å². The maximum absolute atomic E-state index is 3.83. The second-order valence-corrected chi connectivity index (χ2v) is 7.80. The molecule has 2 atom stereocenters. The predicted molar refractivity (Wildman–Crippen MR) is 121 cm³/mol. The van der Waals surface area contributed by atoms with Gasteiger partial charge in [0.15, 0.2) is 0 Å².